The molecule has 0 radical (unpaired) electrons. The van der Waals surface area contributed by atoms with E-state index in [0.717, 1.165) is 25.3 Å². The Balaban J connectivity index is 1.53. The standard InChI is InChI=1S/C22H27N5O/c1-3-11-23-22-24-18(2)17-20(25-22)21(28)27-15-13-26(14-16-27)12-7-10-19-8-5-4-6-9-19/h3-10,17H,1,11-16H2,2H3,(H,23,24,25)/b10-7+. The fourth-order valence-corrected chi connectivity index (χ4v) is 3.12. The van der Waals surface area contributed by atoms with Crippen molar-refractivity contribution in [2.24, 2.45) is 0 Å². The molecule has 1 amide bonds. The molecule has 1 N–H and O–H groups in total. The number of aryl methyl sites for hydroxylation is 1. The van der Waals surface area contributed by atoms with E-state index in [1.165, 1.54) is 5.56 Å². The first-order valence-electron chi connectivity index (χ1n) is 9.59. The van der Waals surface area contributed by atoms with E-state index in [4.69, 9.17) is 0 Å². The molecule has 1 aromatic heterocycles. The topological polar surface area (TPSA) is 61.4 Å². The number of hydrogen-bond acceptors (Lipinski definition) is 5. The van der Waals surface area contributed by atoms with Crippen LogP contribution in [0, 0.1) is 6.92 Å². The zero-order chi connectivity index (χ0) is 19.8. The van der Waals surface area contributed by atoms with Crippen molar-refractivity contribution >= 4 is 17.9 Å². The third kappa shape index (κ3) is 5.50. The largest absolute Gasteiger partial charge is 0.351 e. The van der Waals surface area contributed by atoms with Gasteiger partial charge in [-0.25, -0.2) is 9.97 Å². The minimum absolute atomic E-state index is 0.0355. The van der Waals surface area contributed by atoms with Crippen LogP contribution in [0.15, 0.2) is 55.1 Å². The minimum atomic E-state index is -0.0355. The molecule has 1 aromatic carbocycles. The number of rotatable bonds is 7. The van der Waals surface area contributed by atoms with Gasteiger partial charge in [-0.1, -0.05) is 48.6 Å². The average molecular weight is 377 g/mol. The summed E-state index contributed by atoms with van der Waals surface area (Å²) in [6.07, 6.45) is 6.05. The number of hydrogen-bond donors (Lipinski definition) is 1. The van der Waals surface area contributed by atoms with Gasteiger partial charge in [-0.3, -0.25) is 9.69 Å². The Labute approximate surface area is 166 Å². The number of amides is 1. The Bertz CT molecular complexity index is 826. The van der Waals surface area contributed by atoms with E-state index in [2.05, 4.69) is 51.0 Å². The lowest BCUT2D eigenvalue weighted by Crippen LogP contribution is -2.48. The number of carbonyl (C=O) groups excluding carboxylic acids is 1. The number of piperazine rings is 1. The van der Waals surface area contributed by atoms with Crippen molar-refractivity contribution in [2.75, 3.05) is 44.6 Å². The Hall–Kier alpha value is -2.99. The summed E-state index contributed by atoms with van der Waals surface area (Å²) in [6, 6.07) is 12.0. The molecule has 146 valence electrons. The Morgan fingerprint density at radius 3 is 2.64 bits per heavy atom. The Morgan fingerprint density at radius 1 is 1.18 bits per heavy atom. The number of benzene rings is 1. The van der Waals surface area contributed by atoms with Gasteiger partial charge in [0.1, 0.15) is 5.69 Å². The first-order valence-corrected chi connectivity index (χ1v) is 9.59. The van der Waals surface area contributed by atoms with Crippen molar-refractivity contribution in [3.05, 3.63) is 72.1 Å². The molecule has 2 heterocycles. The van der Waals surface area contributed by atoms with Crippen LogP contribution < -0.4 is 5.32 Å². The van der Waals surface area contributed by atoms with E-state index < -0.39 is 0 Å². The van der Waals surface area contributed by atoms with Crippen LogP contribution in [0.2, 0.25) is 0 Å². The summed E-state index contributed by atoms with van der Waals surface area (Å²) in [5.41, 5.74) is 2.42. The number of nitrogens with zero attached hydrogens (tertiary/aromatic N) is 4. The molecular weight excluding hydrogens is 350 g/mol. The quantitative estimate of drug-likeness (QED) is 0.752. The highest BCUT2D eigenvalue weighted by molar-refractivity contribution is 5.92. The summed E-state index contributed by atoms with van der Waals surface area (Å²) in [5, 5.41) is 3.05. The highest BCUT2D eigenvalue weighted by Gasteiger charge is 2.23. The maximum Gasteiger partial charge on any atom is 0.272 e. The molecule has 2 aromatic rings. The van der Waals surface area contributed by atoms with Gasteiger partial charge in [0.2, 0.25) is 5.95 Å². The summed E-state index contributed by atoms with van der Waals surface area (Å²) in [6.45, 7) is 10.1. The van der Waals surface area contributed by atoms with Crippen molar-refractivity contribution in [3.8, 4) is 0 Å². The fourth-order valence-electron chi connectivity index (χ4n) is 3.12. The van der Waals surface area contributed by atoms with Crippen LogP contribution in [-0.4, -0.2) is 64.9 Å². The Morgan fingerprint density at radius 2 is 1.93 bits per heavy atom. The molecule has 0 unspecified atom stereocenters. The highest BCUT2D eigenvalue weighted by Crippen LogP contribution is 2.11. The SMILES string of the molecule is C=CCNc1nc(C)cc(C(=O)N2CCN(C/C=C/c3ccccc3)CC2)n1. The van der Waals surface area contributed by atoms with Gasteiger partial charge >= 0.3 is 0 Å². The third-order valence-electron chi connectivity index (χ3n) is 4.61. The van der Waals surface area contributed by atoms with E-state index in [9.17, 15) is 4.79 Å². The molecule has 1 aliphatic heterocycles. The third-order valence-corrected chi connectivity index (χ3v) is 4.61. The molecule has 0 saturated carbocycles. The molecule has 1 fully saturated rings. The predicted molar refractivity (Wildman–Crippen MR) is 113 cm³/mol. The smallest absolute Gasteiger partial charge is 0.272 e. The summed E-state index contributed by atoms with van der Waals surface area (Å²) in [5.74, 6) is 0.430. The summed E-state index contributed by atoms with van der Waals surface area (Å²) in [4.78, 5) is 25.7. The lowest BCUT2D eigenvalue weighted by Gasteiger charge is -2.34. The monoisotopic (exact) mass is 377 g/mol. The number of nitrogens with one attached hydrogen (secondary N) is 1. The van der Waals surface area contributed by atoms with Crippen molar-refractivity contribution < 1.29 is 4.79 Å². The van der Waals surface area contributed by atoms with E-state index >= 15 is 0 Å². The van der Waals surface area contributed by atoms with Gasteiger partial charge in [-0.15, -0.1) is 6.58 Å². The zero-order valence-corrected chi connectivity index (χ0v) is 16.3. The fraction of sp³-hybridized carbons (Fsp3) is 0.318. The van der Waals surface area contributed by atoms with E-state index in [1.54, 1.807) is 12.1 Å². The van der Waals surface area contributed by atoms with E-state index in [-0.39, 0.29) is 5.91 Å². The van der Waals surface area contributed by atoms with Crippen LogP contribution in [0.3, 0.4) is 0 Å². The van der Waals surface area contributed by atoms with Crippen molar-refractivity contribution in [2.45, 2.75) is 6.92 Å². The molecule has 3 rings (SSSR count). The normalized spacial score (nSPS) is 15.0. The molecule has 1 aliphatic rings. The molecular formula is C22H27N5O. The van der Waals surface area contributed by atoms with Crippen LogP contribution in [0.25, 0.3) is 6.08 Å². The number of anilines is 1. The van der Waals surface area contributed by atoms with Gasteiger partial charge < -0.3 is 10.2 Å². The average Bonchev–Trinajstić information content (AvgIpc) is 2.72. The lowest BCUT2D eigenvalue weighted by atomic mass is 10.2. The molecule has 6 heteroatoms. The maximum atomic E-state index is 12.8. The second-order valence-electron chi connectivity index (χ2n) is 6.79. The second kappa shape index (κ2) is 9.80. The van der Waals surface area contributed by atoms with Crippen molar-refractivity contribution in [3.63, 3.8) is 0 Å². The van der Waals surface area contributed by atoms with Crippen molar-refractivity contribution in [1.82, 2.24) is 19.8 Å². The zero-order valence-electron chi connectivity index (χ0n) is 16.3. The van der Waals surface area contributed by atoms with Crippen LogP contribution in [0.5, 0.6) is 0 Å². The van der Waals surface area contributed by atoms with Gasteiger partial charge in [0, 0.05) is 45.0 Å². The predicted octanol–water partition coefficient (Wildman–Crippen LogP) is 2.85. The van der Waals surface area contributed by atoms with Gasteiger partial charge in [-0.05, 0) is 18.6 Å². The lowest BCUT2D eigenvalue weighted by molar-refractivity contribution is 0.0644. The molecule has 0 aliphatic carbocycles. The summed E-state index contributed by atoms with van der Waals surface area (Å²) >= 11 is 0. The molecule has 0 atom stereocenters. The minimum Gasteiger partial charge on any atom is -0.351 e. The van der Waals surface area contributed by atoms with Gasteiger partial charge in [0.25, 0.3) is 5.91 Å². The molecule has 28 heavy (non-hydrogen) atoms. The van der Waals surface area contributed by atoms with Gasteiger partial charge in [-0.2, -0.15) is 0 Å². The number of aromatic nitrogens is 2. The molecule has 6 nitrogen and oxygen atoms in total. The summed E-state index contributed by atoms with van der Waals surface area (Å²) in [7, 11) is 0. The molecule has 1 saturated heterocycles. The van der Waals surface area contributed by atoms with Gasteiger partial charge in [0.15, 0.2) is 0 Å². The number of carbonyl (C=O) groups is 1. The van der Waals surface area contributed by atoms with Crippen LogP contribution in [0.1, 0.15) is 21.7 Å². The Kier molecular flexibility index (Phi) is 6.92. The first kappa shape index (κ1) is 19.8. The van der Waals surface area contributed by atoms with Gasteiger partial charge in [0.05, 0.1) is 0 Å². The molecule has 0 bridgehead atoms. The second-order valence-corrected chi connectivity index (χ2v) is 6.79. The summed E-state index contributed by atoms with van der Waals surface area (Å²) < 4.78 is 0. The van der Waals surface area contributed by atoms with Crippen molar-refractivity contribution in [1.29, 1.82) is 0 Å². The van der Waals surface area contributed by atoms with Crippen LogP contribution >= 0.6 is 0 Å². The van der Waals surface area contributed by atoms with Crippen LogP contribution in [0.4, 0.5) is 5.95 Å². The molecule has 0 spiro atoms. The first-order chi connectivity index (χ1) is 13.7. The van der Waals surface area contributed by atoms with E-state index in [1.807, 2.05) is 30.0 Å². The maximum absolute atomic E-state index is 12.8. The van der Waals surface area contributed by atoms with Crippen LogP contribution in [-0.2, 0) is 0 Å². The highest BCUT2D eigenvalue weighted by atomic mass is 16.2. The van der Waals surface area contributed by atoms with E-state index in [0.29, 0.717) is 31.3 Å².